The van der Waals surface area contributed by atoms with Gasteiger partial charge in [0.15, 0.2) is 0 Å². The van der Waals surface area contributed by atoms with Crippen LogP contribution in [0.15, 0.2) is 12.2 Å². The van der Waals surface area contributed by atoms with Gasteiger partial charge in [-0.1, -0.05) is 19.4 Å². The minimum Gasteiger partial charge on any atom is -0.466 e. The highest BCUT2D eigenvalue weighted by atomic mass is 17.1. The van der Waals surface area contributed by atoms with Gasteiger partial charge in [0.25, 0.3) is 0 Å². The topological polar surface area (TPSA) is 65.0 Å². The lowest BCUT2D eigenvalue weighted by Gasteiger charge is -2.34. The van der Waals surface area contributed by atoms with Crippen LogP contribution in [0.25, 0.3) is 0 Å². The molecule has 0 aliphatic heterocycles. The van der Waals surface area contributed by atoms with Gasteiger partial charge in [0, 0.05) is 18.9 Å². The van der Waals surface area contributed by atoms with E-state index in [9.17, 15) is 4.79 Å². The van der Waals surface area contributed by atoms with Crippen LogP contribution < -0.4 is 0 Å². The van der Waals surface area contributed by atoms with Gasteiger partial charge in [-0.05, 0) is 18.8 Å². The fourth-order valence-corrected chi connectivity index (χ4v) is 2.00. The highest BCUT2D eigenvalue weighted by Gasteiger charge is 2.34. The van der Waals surface area contributed by atoms with E-state index in [2.05, 4.69) is 9.62 Å². The second-order valence-electron chi connectivity index (χ2n) is 4.73. The second kappa shape index (κ2) is 7.51. The molecule has 5 heteroatoms. The van der Waals surface area contributed by atoms with E-state index in [1.807, 2.05) is 6.92 Å². The van der Waals surface area contributed by atoms with Gasteiger partial charge in [-0.25, -0.2) is 14.9 Å². The van der Waals surface area contributed by atoms with Crippen molar-refractivity contribution < 1.29 is 24.4 Å². The average molecular weight is 258 g/mol. The number of ether oxygens (including phenoxy) is 2. The summed E-state index contributed by atoms with van der Waals surface area (Å²) in [5.74, 6) is -1.18. The number of hydrogen-bond donors (Lipinski definition) is 1. The van der Waals surface area contributed by atoms with Crippen molar-refractivity contribution in [3.63, 3.8) is 0 Å². The molecule has 0 aromatic carbocycles. The van der Waals surface area contributed by atoms with Crippen LogP contribution in [0.1, 0.15) is 39.0 Å². The van der Waals surface area contributed by atoms with Crippen molar-refractivity contribution in [2.75, 3.05) is 13.7 Å². The molecule has 0 spiro atoms. The molecule has 1 atom stereocenters. The zero-order valence-electron chi connectivity index (χ0n) is 11.1. The Kier molecular flexibility index (Phi) is 6.32. The Hall–Kier alpha value is -0.910. The number of rotatable bonds is 6. The molecular formula is C13H22O5. The number of hydrogen-bond acceptors (Lipinski definition) is 5. The van der Waals surface area contributed by atoms with Crippen molar-refractivity contribution in [2.45, 2.75) is 44.8 Å². The van der Waals surface area contributed by atoms with E-state index >= 15 is 0 Å². The van der Waals surface area contributed by atoms with Crippen molar-refractivity contribution in [3.05, 3.63) is 12.2 Å². The largest absolute Gasteiger partial charge is 0.466 e. The zero-order chi connectivity index (χ0) is 13.4. The Balaban J connectivity index is 2.38. The van der Waals surface area contributed by atoms with Gasteiger partial charge in [-0.3, -0.25) is 0 Å². The maximum atomic E-state index is 10.9. The van der Waals surface area contributed by atoms with Gasteiger partial charge in [0.05, 0.1) is 13.7 Å². The Bertz CT molecular complexity index is 281. The molecule has 1 saturated carbocycles. The first-order chi connectivity index (χ1) is 8.62. The summed E-state index contributed by atoms with van der Waals surface area (Å²) in [5, 5.41) is 8.99. The Morgan fingerprint density at radius 2 is 2.06 bits per heavy atom. The van der Waals surface area contributed by atoms with E-state index in [-0.39, 0.29) is 11.9 Å². The van der Waals surface area contributed by atoms with Crippen molar-refractivity contribution >= 4 is 5.97 Å². The lowest BCUT2D eigenvalue weighted by molar-refractivity contribution is -0.412. The summed E-state index contributed by atoms with van der Waals surface area (Å²) in [6.07, 6.45) is 7.64. The summed E-state index contributed by atoms with van der Waals surface area (Å²) >= 11 is 0. The van der Waals surface area contributed by atoms with E-state index < -0.39 is 5.79 Å². The molecule has 1 fully saturated rings. The van der Waals surface area contributed by atoms with Gasteiger partial charge >= 0.3 is 5.97 Å². The van der Waals surface area contributed by atoms with E-state index in [0.717, 1.165) is 19.3 Å². The van der Waals surface area contributed by atoms with Crippen molar-refractivity contribution in [2.24, 2.45) is 5.92 Å². The Morgan fingerprint density at radius 1 is 1.39 bits per heavy atom. The lowest BCUT2D eigenvalue weighted by atomic mass is 9.94. The highest BCUT2D eigenvalue weighted by Crippen LogP contribution is 2.32. The predicted molar refractivity (Wildman–Crippen MR) is 65.8 cm³/mol. The van der Waals surface area contributed by atoms with E-state index in [4.69, 9.17) is 9.99 Å². The molecule has 0 aromatic rings. The summed E-state index contributed by atoms with van der Waals surface area (Å²) in [5.41, 5.74) is 0. The van der Waals surface area contributed by atoms with Crippen molar-refractivity contribution in [1.29, 1.82) is 0 Å². The standard InChI is InChI=1S/C13H22O5/c1-11(6-7-12(14)16-2)10-17-13(18-15)8-4-3-5-9-13/h6-7,11,15H,3-5,8-10H2,1-2H3/b7-6+. The molecule has 0 bridgehead atoms. The third kappa shape index (κ3) is 4.76. The second-order valence-corrected chi connectivity index (χ2v) is 4.73. The van der Waals surface area contributed by atoms with Gasteiger partial charge in [-0.15, -0.1) is 0 Å². The van der Waals surface area contributed by atoms with E-state index in [1.165, 1.54) is 13.2 Å². The normalized spacial score (nSPS) is 20.8. The number of carbonyl (C=O) groups is 1. The molecule has 0 heterocycles. The summed E-state index contributed by atoms with van der Waals surface area (Å²) < 4.78 is 10.2. The summed E-state index contributed by atoms with van der Waals surface area (Å²) in [7, 11) is 1.34. The van der Waals surface area contributed by atoms with Crippen LogP contribution in [0.5, 0.6) is 0 Å². The fourth-order valence-electron chi connectivity index (χ4n) is 2.00. The Labute approximate surface area is 108 Å². The molecule has 1 aliphatic carbocycles. The van der Waals surface area contributed by atoms with Crippen molar-refractivity contribution in [1.82, 2.24) is 0 Å². The van der Waals surface area contributed by atoms with Crippen LogP contribution in [-0.2, 0) is 19.2 Å². The predicted octanol–water partition coefficient (Wildman–Crippen LogP) is 2.52. The van der Waals surface area contributed by atoms with Crippen LogP contribution in [0.3, 0.4) is 0 Å². The van der Waals surface area contributed by atoms with Crippen LogP contribution in [0.2, 0.25) is 0 Å². The number of methoxy groups -OCH3 is 1. The molecule has 0 radical (unpaired) electrons. The maximum absolute atomic E-state index is 10.9. The molecule has 1 unspecified atom stereocenters. The minimum absolute atomic E-state index is 0.0538. The molecule has 1 aliphatic rings. The quantitative estimate of drug-likeness (QED) is 0.261. The lowest BCUT2D eigenvalue weighted by Crippen LogP contribution is -2.38. The molecular weight excluding hydrogens is 236 g/mol. The van der Waals surface area contributed by atoms with Gasteiger partial charge in [0.1, 0.15) is 0 Å². The molecule has 0 aromatic heterocycles. The van der Waals surface area contributed by atoms with Gasteiger partial charge < -0.3 is 9.47 Å². The third-order valence-corrected chi connectivity index (χ3v) is 3.15. The van der Waals surface area contributed by atoms with Gasteiger partial charge in [0.2, 0.25) is 5.79 Å². The molecule has 1 rings (SSSR count). The number of esters is 1. The molecule has 104 valence electrons. The van der Waals surface area contributed by atoms with Gasteiger partial charge in [-0.2, -0.15) is 0 Å². The molecule has 5 nitrogen and oxygen atoms in total. The highest BCUT2D eigenvalue weighted by molar-refractivity contribution is 5.81. The summed E-state index contributed by atoms with van der Waals surface area (Å²) in [6.45, 7) is 2.32. The smallest absolute Gasteiger partial charge is 0.330 e. The van der Waals surface area contributed by atoms with Crippen LogP contribution >= 0.6 is 0 Å². The maximum Gasteiger partial charge on any atom is 0.330 e. The zero-order valence-corrected chi connectivity index (χ0v) is 11.1. The van der Waals surface area contributed by atoms with Crippen LogP contribution in [0, 0.1) is 5.92 Å². The summed E-state index contributed by atoms with van der Waals surface area (Å²) in [4.78, 5) is 15.5. The molecule has 0 amide bonds. The minimum atomic E-state index is -0.856. The average Bonchev–Trinajstić information content (AvgIpc) is 2.43. The third-order valence-electron chi connectivity index (χ3n) is 3.15. The molecule has 0 saturated heterocycles. The number of carbonyl (C=O) groups excluding carboxylic acids is 1. The first kappa shape index (κ1) is 15.1. The monoisotopic (exact) mass is 258 g/mol. The molecule has 18 heavy (non-hydrogen) atoms. The van der Waals surface area contributed by atoms with Crippen LogP contribution in [-0.4, -0.2) is 30.7 Å². The molecule has 1 N–H and O–H groups in total. The van der Waals surface area contributed by atoms with E-state index in [0.29, 0.717) is 19.4 Å². The fraction of sp³-hybridized carbons (Fsp3) is 0.769. The SMILES string of the molecule is COC(=O)/C=C/C(C)COC1(OO)CCCCC1. The first-order valence-electron chi connectivity index (χ1n) is 6.34. The first-order valence-corrected chi connectivity index (χ1v) is 6.34. The summed E-state index contributed by atoms with van der Waals surface area (Å²) in [6, 6.07) is 0. The van der Waals surface area contributed by atoms with Crippen LogP contribution in [0.4, 0.5) is 0 Å². The van der Waals surface area contributed by atoms with E-state index in [1.54, 1.807) is 6.08 Å². The Morgan fingerprint density at radius 3 is 2.61 bits per heavy atom. The van der Waals surface area contributed by atoms with Crippen molar-refractivity contribution in [3.8, 4) is 0 Å².